The summed E-state index contributed by atoms with van der Waals surface area (Å²) < 4.78 is 28.8. The predicted octanol–water partition coefficient (Wildman–Crippen LogP) is 2.61. The van der Waals surface area contributed by atoms with E-state index < -0.39 is 11.6 Å². The first-order valence-electron chi connectivity index (χ1n) is 8.37. The van der Waals surface area contributed by atoms with E-state index in [1.807, 2.05) is 32.5 Å². The summed E-state index contributed by atoms with van der Waals surface area (Å²) in [6.45, 7) is 7.42. The number of halogens is 2. The Hall–Kier alpha value is -2.44. The van der Waals surface area contributed by atoms with Crippen molar-refractivity contribution in [2.24, 2.45) is 12.0 Å². The van der Waals surface area contributed by atoms with Crippen molar-refractivity contribution < 1.29 is 8.78 Å². The number of guanidine groups is 1. The molecule has 1 heterocycles. The summed E-state index contributed by atoms with van der Waals surface area (Å²) in [5.74, 6) is -0.347. The Morgan fingerprint density at radius 3 is 2.64 bits per heavy atom. The molecule has 7 heteroatoms. The van der Waals surface area contributed by atoms with Crippen LogP contribution >= 0.6 is 0 Å². The lowest BCUT2D eigenvalue weighted by molar-refractivity contribution is 0.585. The Morgan fingerprint density at radius 1 is 1.24 bits per heavy atom. The first-order valence-corrected chi connectivity index (χ1v) is 8.37. The van der Waals surface area contributed by atoms with E-state index in [9.17, 15) is 8.78 Å². The number of aromatic nitrogens is 2. The number of aliphatic imine (C=N–C) groups is 1. The average molecular weight is 349 g/mol. The van der Waals surface area contributed by atoms with Crippen LogP contribution in [0.5, 0.6) is 0 Å². The molecule has 5 nitrogen and oxygen atoms in total. The van der Waals surface area contributed by atoms with Gasteiger partial charge in [0.1, 0.15) is 11.6 Å². The molecule has 0 aliphatic rings. The second-order valence-corrected chi connectivity index (χ2v) is 5.88. The van der Waals surface area contributed by atoms with E-state index in [0.717, 1.165) is 29.9 Å². The quantitative estimate of drug-likeness (QED) is 0.623. The molecule has 0 amide bonds. The number of hydrogen-bond acceptors (Lipinski definition) is 2. The maximum atomic E-state index is 13.7. The summed E-state index contributed by atoms with van der Waals surface area (Å²) in [6, 6.07) is 3.39. The van der Waals surface area contributed by atoms with E-state index >= 15 is 0 Å². The Morgan fingerprint density at radius 2 is 2.00 bits per heavy atom. The topological polar surface area (TPSA) is 54.2 Å². The third-order valence-corrected chi connectivity index (χ3v) is 4.09. The highest BCUT2D eigenvalue weighted by Crippen LogP contribution is 2.12. The summed E-state index contributed by atoms with van der Waals surface area (Å²) in [7, 11) is 1.93. The molecule has 0 bridgehead atoms. The van der Waals surface area contributed by atoms with Gasteiger partial charge in [-0.25, -0.2) is 13.8 Å². The minimum atomic E-state index is -0.466. The number of benzene rings is 1. The smallest absolute Gasteiger partial charge is 0.191 e. The van der Waals surface area contributed by atoms with Gasteiger partial charge in [0.2, 0.25) is 0 Å². The van der Waals surface area contributed by atoms with Gasteiger partial charge in [-0.15, -0.1) is 0 Å². The molecule has 0 saturated heterocycles. The van der Waals surface area contributed by atoms with E-state index in [1.165, 1.54) is 11.6 Å². The van der Waals surface area contributed by atoms with Gasteiger partial charge >= 0.3 is 0 Å². The minimum Gasteiger partial charge on any atom is -0.357 e. The average Bonchev–Trinajstić information content (AvgIpc) is 2.81. The second kappa shape index (κ2) is 8.60. The van der Waals surface area contributed by atoms with E-state index in [4.69, 9.17) is 0 Å². The van der Waals surface area contributed by atoms with Crippen LogP contribution in [0.4, 0.5) is 8.78 Å². The first-order chi connectivity index (χ1) is 11.9. The molecule has 1 aromatic carbocycles. The van der Waals surface area contributed by atoms with Crippen LogP contribution in [0.15, 0.2) is 23.2 Å². The highest BCUT2D eigenvalue weighted by Gasteiger charge is 2.09. The zero-order valence-electron chi connectivity index (χ0n) is 15.2. The van der Waals surface area contributed by atoms with E-state index in [-0.39, 0.29) is 12.1 Å². The van der Waals surface area contributed by atoms with Crippen LogP contribution < -0.4 is 10.6 Å². The summed E-state index contributed by atoms with van der Waals surface area (Å²) >= 11 is 0. The Labute approximate surface area is 147 Å². The Bertz CT molecular complexity index is 752. The molecule has 0 atom stereocenters. The number of rotatable bonds is 6. The SMILES string of the molecule is CCNC(=NCc1cc(F)ccc1F)NCCc1c(C)nn(C)c1C. The molecule has 0 aliphatic heterocycles. The van der Waals surface area contributed by atoms with Crippen LogP contribution in [0.3, 0.4) is 0 Å². The number of aryl methyl sites for hydroxylation is 2. The molecule has 0 radical (unpaired) electrons. The lowest BCUT2D eigenvalue weighted by Crippen LogP contribution is -2.38. The van der Waals surface area contributed by atoms with Crippen molar-refractivity contribution in [3.8, 4) is 0 Å². The minimum absolute atomic E-state index is 0.0733. The van der Waals surface area contributed by atoms with Crippen LogP contribution in [0.25, 0.3) is 0 Å². The van der Waals surface area contributed by atoms with Crippen molar-refractivity contribution in [2.75, 3.05) is 13.1 Å². The van der Waals surface area contributed by atoms with Gasteiger partial charge in [-0.2, -0.15) is 5.10 Å². The van der Waals surface area contributed by atoms with Crippen molar-refractivity contribution in [3.05, 3.63) is 52.3 Å². The Balaban J connectivity index is 1.99. The van der Waals surface area contributed by atoms with Crippen molar-refractivity contribution >= 4 is 5.96 Å². The first kappa shape index (κ1) is 18.9. The van der Waals surface area contributed by atoms with Crippen LogP contribution in [0, 0.1) is 25.5 Å². The largest absolute Gasteiger partial charge is 0.357 e. The summed E-state index contributed by atoms with van der Waals surface area (Å²) in [6.07, 6.45) is 0.810. The van der Waals surface area contributed by atoms with Gasteiger partial charge in [-0.05, 0) is 51.0 Å². The highest BCUT2D eigenvalue weighted by molar-refractivity contribution is 5.79. The second-order valence-electron chi connectivity index (χ2n) is 5.88. The van der Waals surface area contributed by atoms with Crippen molar-refractivity contribution in [3.63, 3.8) is 0 Å². The van der Waals surface area contributed by atoms with E-state index in [0.29, 0.717) is 19.0 Å². The zero-order chi connectivity index (χ0) is 18.4. The van der Waals surface area contributed by atoms with E-state index in [2.05, 4.69) is 20.7 Å². The van der Waals surface area contributed by atoms with Crippen LogP contribution in [0.2, 0.25) is 0 Å². The van der Waals surface area contributed by atoms with Gasteiger partial charge < -0.3 is 10.6 Å². The summed E-state index contributed by atoms with van der Waals surface area (Å²) in [5.41, 5.74) is 3.60. The molecular weight excluding hydrogens is 324 g/mol. The standard InChI is InChI=1S/C18H25F2N5/c1-5-21-18(23-11-14-10-15(19)6-7-17(14)20)22-9-8-16-12(2)24-25(4)13(16)3/h6-7,10H,5,8-9,11H2,1-4H3,(H2,21,22,23). The van der Waals surface area contributed by atoms with Crippen LogP contribution in [-0.4, -0.2) is 28.8 Å². The highest BCUT2D eigenvalue weighted by atomic mass is 19.1. The maximum Gasteiger partial charge on any atom is 0.191 e. The fourth-order valence-electron chi connectivity index (χ4n) is 2.66. The van der Waals surface area contributed by atoms with Gasteiger partial charge in [-0.1, -0.05) is 0 Å². The van der Waals surface area contributed by atoms with Gasteiger partial charge in [0.25, 0.3) is 0 Å². The molecular formula is C18H25F2N5. The number of hydrogen-bond donors (Lipinski definition) is 2. The fourth-order valence-corrected chi connectivity index (χ4v) is 2.66. The lowest BCUT2D eigenvalue weighted by atomic mass is 10.1. The third kappa shape index (κ3) is 5.01. The van der Waals surface area contributed by atoms with Gasteiger partial charge in [0, 0.05) is 31.4 Å². The molecule has 1 aromatic heterocycles. The lowest BCUT2D eigenvalue weighted by Gasteiger charge is -2.11. The fraction of sp³-hybridized carbons (Fsp3) is 0.444. The number of nitrogens with one attached hydrogen (secondary N) is 2. The summed E-state index contributed by atoms with van der Waals surface area (Å²) in [5, 5.41) is 10.7. The molecule has 0 spiro atoms. The third-order valence-electron chi connectivity index (χ3n) is 4.09. The van der Waals surface area contributed by atoms with Crippen LogP contribution in [0.1, 0.15) is 29.4 Å². The Kier molecular flexibility index (Phi) is 6.50. The normalized spacial score (nSPS) is 11.7. The molecule has 2 N–H and O–H groups in total. The van der Waals surface area contributed by atoms with Crippen molar-refractivity contribution in [1.29, 1.82) is 0 Å². The molecule has 2 rings (SSSR count). The van der Waals surface area contributed by atoms with Gasteiger partial charge in [0.15, 0.2) is 5.96 Å². The predicted molar refractivity (Wildman–Crippen MR) is 95.6 cm³/mol. The monoisotopic (exact) mass is 349 g/mol. The maximum absolute atomic E-state index is 13.7. The molecule has 0 aliphatic carbocycles. The number of nitrogens with zero attached hydrogens (tertiary/aromatic N) is 3. The molecule has 136 valence electrons. The molecule has 2 aromatic rings. The van der Waals surface area contributed by atoms with Crippen molar-refractivity contribution in [2.45, 2.75) is 33.7 Å². The molecule has 0 saturated carbocycles. The summed E-state index contributed by atoms with van der Waals surface area (Å²) in [4.78, 5) is 4.33. The van der Waals surface area contributed by atoms with Crippen LogP contribution in [-0.2, 0) is 20.0 Å². The molecule has 0 unspecified atom stereocenters. The molecule has 0 fully saturated rings. The zero-order valence-corrected chi connectivity index (χ0v) is 15.2. The van der Waals surface area contributed by atoms with Gasteiger partial charge in [-0.3, -0.25) is 4.68 Å². The van der Waals surface area contributed by atoms with Gasteiger partial charge in [0.05, 0.1) is 12.2 Å². The molecule has 25 heavy (non-hydrogen) atoms. The van der Waals surface area contributed by atoms with E-state index in [1.54, 1.807) is 0 Å². The van der Waals surface area contributed by atoms with Crippen molar-refractivity contribution in [1.82, 2.24) is 20.4 Å².